The molecule has 0 unspecified atom stereocenters. The van der Waals surface area contributed by atoms with Gasteiger partial charge in [-0.1, -0.05) is 35.9 Å². The number of aromatic nitrogens is 1. The van der Waals surface area contributed by atoms with Gasteiger partial charge in [0.2, 0.25) is 0 Å². The fraction of sp³-hybridized carbons (Fsp3) is 0.111. The highest BCUT2D eigenvalue weighted by molar-refractivity contribution is 7.15. The number of hydrogen-bond donors (Lipinski definition) is 2. The Kier molecular flexibility index (Phi) is 5.13. The van der Waals surface area contributed by atoms with Crippen LogP contribution in [0.25, 0.3) is 0 Å². The summed E-state index contributed by atoms with van der Waals surface area (Å²) >= 11 is 7.26. The summed E-state index contributed by atoms with van der Waals surface area (Å²) in [5.74, 6) is -0.131. The highest BCUT2D eigenvalue weighted by Gasteiger charge is 2.08. The van der Waals surface area contributed by atoms with E-state index in [1.165, 1.54) is 11.3 Å². The molecule has 3 aromatic rings. The Morgan fingerprint density at radius 1 is 1.21 bits per heavy atom. The first-order chi connectivity index (χ1) is 11.6. The summed E-state index contributed by atoms with van der Waals surface area (Å²) in [5, 5.41) is 6.22. The molecule has 0 saturated heterocycles. The zero-order valence-electron chi connectivity index (χ0n) is 13.0. The molecule has 0 fully saturated rings. The molecule has 122 valence electrons. The van der Waals surface area contributed by atoms with Crippen molar-refractivity contribution >= 4 is 40.2 Å². The van der Waals surface area contributed by atoms with Crippen molar-refractivity contribution in [2.45, 2.75) is 13.5 Å². The van der Waals surface area contributed by atoms with Gasteiger partial charge in [-0.2, -0.15) is 0 Å². The van der Waals surface area contributed by atoms with Crippen LogP contribution in [-0.4, -0.2) is 10.9 Å². The first-order valence-corrected chi connectivity index (χ1v) is 8.62. The number of rotatable bonds is 5. The third kappa shape index (κ3) is 4.13. The molecule has 0 saturated carbocycles. The first-order valence-electron chi connectivity index (χ1n) is 7.43. The minimum atomic E-state index is -0.131. The van der Waals surface area contributed by atoms with Crippen molar-refractivity contribution in [2.75, 3.05) is 10.6 Å². The van der Waals surface area contributed by atoms with Crippen LogP contribution in [-0.2, 0) is 6.54 Å². The summed E-state index contributed by atoms with van der Waals surface area (Å²) in [7, 11) is 0. The van der Waals surface area contributed by atoms with Crippen molar-refractivity contribution in [3.63, 3.8) is 0 Å². The molecular weight excluding hydrogens is 342 g/mol. The van der Waals surface area contributed by atoms with Crippen LogP contribution < -0.4 is 10.6 Å². The van der Waals surface area contributed by atoms with Crippen molar-refractivity contribution in [2.24, 2.45) is 0 Å². The lowest BCUT2D eigenvalue weighted by Gasteiger charge is -2.10. The number of para-hydroxylation sites is 1. The minimum Gasteiger partial charge on any atom is -0.380 e. The Balaban J connectivity index is 1.68. The standard InChI is InChI=1S/C18H16ClN3OS/c1-12-5-2-3-8-16(12)22-17(23)13-6-4-7-14(9-13)20-10-15-11-21-18(19)24-15/h2-9,11,20H,10H2,1H3,(H,22,23). The second-order valence-corrected chi connectivity index (χ2v) is 6.98. The van der Waals surface area contributed by atoms with Gasteiger partial charge in [-0.3, -0.25) is 4.79 Å². The Bertz CT molecular complexity index is 863. The normalized spacial score (nSPS) is 10.4. The summed E-state index contributed by atoms with van der Waals surface area (Å²) in [5.41, 5.74) is 3.32. The van der Waals surface area contributed by atoms with E-state index < -0.39 is 0 Å². The van der Waals surface area contributed by atoms with E-state index in [1.54, 1.807) is 12.3 Å². The number of nitrogens with one attached hydrogen (secondary N) is 2. The molecule has 24 heavy (non-hydrogen) atoms. The van der Waals surface area contributed by atoms with E-state index in [9.17, 15) is 4.79 Å². The van der Waals surface area contributed by atoms with Gasteiger partial charge in [0, 0.05) is 28.0 Å². The van der Waals surface area contributed by atoms with Crippen molar-refractivity contribution in [1.82, 2.24) is 4.98 Å². The SMILES string of the molecule is Cc1ccccc1NC(=O)c1cccc(NCc2cnc(Cl)s2)c1. The van der Waals surface area contributed by atoms with E-state index in [4.69, 9.17) is 11.6 Å². The van der Waals surface area contributed by atoms with Crippen LogP contribution in [0, 0.1) is 6.92 Å². The van der Waals surface area contributed by atoms with Gasteiger partial charge in [-0.05, 0) is 36.8 Å². The first kappa shape index (κ1) is 16.5. The molecular formula is C18H16ClN3OS. The fourth-order valence-electron chi connectivity index (χ4n) is 2.23. The number of aryl methyl sites for hydroxylation is 1. The number of halogens is 1. The zero-order chi connectivity index (χ0) is 16.9. The van der Waals surface area contributed by atoms with Crippen LogP contribution in [0.4, 0.5) is 11.4 Å². The summed E-state index contributed by atoms with van der Waals surface area (Å²) < 4.78 is 0.526. The number of hydrogen-bond acceptors (Lipinski definition) is 4. The topological polar surface area (TPSA) is 54.0 Å². The van der Waals surface area contributed by atoms with Gasteiger partial charge in [0.15, 0.2) is 4.47 Å². The number of anilines is 2. The quantitative estimate of drug-likeness (QED) is 0.677. The van der Waals surface area contributed by atoms with Gasteiger partial charge >= 0.3 is 0 Å². The molecule has 3 rings (SSSR count). The summed E-state index contributed by atoms with van der Waals surface area (Å²) in [4.78, 5) is 17.5. The van der Waals surface area contributed by atoms with Gasteiger partial charge < -0.3 is 10.6 Å². The fourth-order valence-corrected chi connectivity index (χ4v) is 3.15. The van der Waals surface area contributed by atoms with E-state index >= 15 is 0 Å². The zero-order valence-corrected chi connectivity index (χ0v) is 14.6. The molecule has 1 amide bonds. The molecule has 4 nitrogen and oxygen atoms in total. The largest absolute Gasteiger partial charge is 0.380 e. The van der Waals surface area contributed by atoms with E-state index in [0.717, 1.165) is 21.8 Å². The highest BCUT2D eigenvalue weighted by atomic mass is 35.5. The number of carbonyl (C=O) groups excluding carboxylic acids is 1. The maximum absolute atomic E-state index is 12.4. The molecule has 2 N–H and O–H groups in total. The molecule has 0 spiro atoms. The van der Waals surface area contributed by atoms with E-state index in [0.29, 0.717) is 16.6 Å². The molecule has 0 atom stereocenters. The molecule has 2 aromatic carbocycles. The lowest BCUT2D eigenvalue weighted by molar-refractivity contribution is 0.102. The Hall–Kier alpha value is -2.37. The maximum atomic E-state index is 12.4. The molecule has 0 aliphatic heterocycles. The summed E-state index contributed by atoms with van der Waals surface area (Å²) in [6.45, 7) is 2.58. The number of nitrogens with zero attached hydrogens (tertiary/aromatic N) is 1. The number of amides is 1. The molecule has 0 radical (unpaired) electrons. The second-order valence-electron chi connectivity index (χ2n) is 5.28. The monoisotopic (exact) mass is 357 g/mol. The van der Waals surface area contributed by atoms with Crippen LogP contribution in [0.2, 0.25) is 4.47 Å². The smallest absolute Gasteiger partial charge is 0.255 e. The van der Waals surface area contributed by atoms with Crippen LogP contribution in [0.3, 0.4) is 0 Å². The Labute approximate surface area is 149 Å². The van der Waals surface area contributed by atoms with Crippen LogP contribution in [0.5, 0.6) is 0 Å². The summed E-state index contributed by atoms with van der Waals surface area (Å²) in [6, 6.07) is 15.1. The molecule has 0 aliphatic rings. The van der Waals surface area contributed by atoms with Crippen LogP contribution in [0.15, 0.2) is 54.7 Å². The van der Waals surface area contributed by atoms with Gasteiger partial charge in [0.05, 0.1) is 6.54 Å². The predicted octanol–water partition coefficient (Wildman–Crippen LogP) is 4.97. The number of benzene rings is 2. The van der Waals surface area contributed by atoms with E-state index in [-0.39, 0.29) is 5.91 Å². The van der Waals surface area contributed by atoms with Crippen molar-refractivity contribution in [1.29, 1.82) is 0 Å². The van der Waals surface area contributed by atoms with Gasteiger partial charge in [0.1, 0.15) is 0 Å². The number of thiazole rings is 1. The van der Waals surface area contributed by atoms with Gasteiger partial charge in [-0.25, -0.2) is 4.98 Å². The molecule has 6 heteroatoms. The molecule has 0 bridgehead atoms. The second kappa shape index (κ2) is 7.47. The van der Waals surface area contributed by atoms with Gasteiger partial charge in [-0.15, -0.1) is 11.3 Å². The predicted molar refractivity (Wildman–Crippen MR) is 100 cm³/mol. The molecule has 1 aromatic heterocycles. The van der Waals surface area contributed by atoms with Gasteiger partial charge in [0.25, 0.3) is 5.91 Å². The molecule has 1 heterocycles. The average Bonchev–Trinajstić information content (AvgIpc) is 3.01. The highest BCUT2D eigenvalue weighted by Crippen LogP contribution is 2.20. The molecule has 0 aliphatic carbocycles. The van der Waals surface area contributed by atoms with Crippen molar-refractivity contribution in [3.8, 4) is 0 Å². The third-order valence-electron chi connectivity index (χ3n) is 3.51. The van der Waals surface area contributed by atoms with E-state index in [1.807, 2.05) is 49.4 Å². The Morgan fingerprint density at radius 2 is 2.04 bits per heavy atom. The van der Waals surface area contributed by atoms with Crippen LogP contribution >= 0.6 is 22.9 Å². The summed E-state index contributed by atoms with van der Waals surface area (Å²) in [6.07, 6.45) is 1.74. The van der Waals surface area contributed by atoms with Crippen molar-refractivity contribution < 1.29 is 4.79 Å². The third-order valence-corrected chi connectivity index (χ3v) is 4.62. The average molecular weight is 358 g/mol. The van der Waals surface area contributed by atoms with E-state index in [2.05, 4.69) is 15.6 Å². The number of carbonyl (C=O) groups is 1. The maximum Gasteiger partial charge on any atom is 0.255 e. The van der Waals surface area contributed by atoms with Crippen molar-refractivity contribution in [3.05, 3.63) is 75.2 Å². The Morgan fingerprint density at radius 3 is 2.79 bits per heavy atom. The lowest BCUT2D eigenvalue weighted by Crippen LogP contribution is -2.13. The lowest BCUT2D eigenvalue weighted by atomic mass is 10.1. The minimum absolute atomic E-state index is 0.131. The van der Waals surface area contributed by atoms with Crippen LogP contribution in [0.1, 0.15) is 20.8 Å².